The molecular formula is C18H19F2N5. The Bertz CT molecular complexity index is 754. The van der Waals surface area contributed by atoms with Gasteiger partial charge < -0.3 is 15.1 Å². The fraction of sp³-hybridized carbons (Fsp3) is 0.333. The van der Waals surface area contributed by atoms with E-state index in [0.717, 1.165) is 49.7 Å². The van der Waals surface area contributed by atoms with Crippen LogP contribution in [0, 0.1) is 23.0 Å². The Hall–Kier alpha value is -2.72. The van der Waals surface area contributed by atoms with Gasteiger partial charge >= 0.3 is 0 Å². The number of nitrogens with one attached hydrogen (secondary N) is 1. The molecule has 0 saturated carbocycles. The summed E-state index contributed by atoms with van der Waals surface area (Å²) >= 11 is 0. The average molecular weight is 343 g/mol. The first-order valence-electron chi connectivity index (χ1n) is 8.08. The number of likely N-dealkylation sites (N-methyl/N-ethyl adjacent to an activating group) is 1. The van der Waals surface area contributed by atoms with E-state index in [9.17, 15) is 8.78 Å². The van der Waals surface area contributed by atoms with Gasteiger partial charge in [0.1, 0.15) is 11.5 Å². The van der Waals surface area contributed by atoms with Crippen molar-refractivity contribution in [1.82, 2.24) is 9.88 Å². The summed E-state index contributed by atoms with van der Waals surface area (Å²) in [4.78, 5) is 8.94. The second kappa shape index (κ2) is 7.45. The van der Waals surface area contributed by atoms with Gasteiger partial charge in [-0.25, -0.2) is 13.8 Å². The Labute approximate surface area is 145 Å². The summed E-state index contributed by atoms with van der Waals surface area (Å²) in [5, 5.41) is 11.4. The Kier molecular flexibility index (Phi) is 5.10. The Morgan fingerprint density at radius 3 is 2.40 bits per heavy atom. The van der Waals surface area contributed by atoms with Crippen molar-refractivity contribution < 1.29 is 8.78 Å². The highest BCUT2D eigenvalue weighted by Gasteiger charge is 2.15. The summed E-state index contributed by atoms with van der Waals surface area (Å²) in [5.74, 6) is -0.648. The van der Waals surface area contributed by atoms with Crippen LogP contribution in [0.5, 0.6) is 0 Å². The summed E-state index contributed by atoms with van der Waals surface area (Å²) in [6.07, 6.45) is 1.71. The number of hydrogen-bond donors (Lipinski definition) is 1. The third-order valence-electron chi connectivity index (χ3n) is 4.28. The largest absolute Gasteiger partial charge is 0.376 e. The molecule has 0 amide bonds. The summed E-state index contributed by atoms with van der Waals surface area (Å²) in [5.41, 5.74) is 0.543. The van der Waals surface area contributed by atoms with Crippen LogP contribution < -0.4 is 10.2 Å². The highest BCUT2D eigenvalue weighted by molar-refractivity contribution is 5.51. The molecule has 3 rings (SSSR count). The van der Waals surface area contributed by atoms with E-state index in [1.807, 2.05) is 12.1 Å². The molecular weight excluding hydrogens is 324 g/mol. The number of rotatable bonds is 4. The third kappa shape index (κ3) is 4.03. The zero-order chi connectivity index (χ0) is 17.8. The van der Waals surface area contributed by atoms with Crippen LogP contribution in [0.15, 0.2) is 30.5 Å². The predicted molar refractivity (Wildman–Crippen MR) is 92.3 cm³/mol. The lowest BCUT2D eigenvalue weighted by molar-refractivity contribution is 0.312. The highest BCUT2D eigenvalue weighted by Crippen LogP contribution is 2.21. The maximum absolute atomic E-state index is 13.9. The maximum atomic E-state index is 13.9. The smallest absolute Gasteiger partial charge is 0.150 e. The summed E-state index contributed by atoms with van der Waals surface area (Å²) in [6.45, 7) is 4.12. The number of pyridine rings is 1. The maximum Gasteiger partial charge on any atom is 0.150 e. The van der Waals surface area contributed by atoms with Gasteiger partial charge in [-0.1, -0.05) is 6.07 Å². The molecule has 1 N–H and O–H groups in total. The van der Waals surface area contributed by atoms with Gasteiger partial charge in [0, 0.05) is 38.9 Å². The number of halogens is 2. The van der Waals surface area contributed by atoms with E-state index < -0.39 is 11.6 Å². The van der Waals surface area contributed by atoms with Crippen LogP contribution in [0.4, 0.5) is 20.3 Å². The van der Waals surface area contributed by atoms with Gasteiger partial charge in [0.05, 0.1) is 11.6 Å². The Morgan fingerprint density at radius 2 is 1.84 bits per heavy atom. The minimum Gasteiger partial charge on any atom is -0.376 e. The SMILES string of the molecule is CN1CCN(c2ccc(CNc3c(F)cc(C#N)cc3F)cn2)CC1. The summed E-state index contributed by atoms with van der Waals surface area (Å²) in [6, 6.07) is 7.57. The van der Waals surface area contributed by atoms with Crippen molar-refractivity contribution in [3.63, 3.8) is 0 Å². The number of aromatic nitrogens is 1. The van der Waals surface area contributed by atoms with Crippen molar-refractivity contribution in [3.8, 4) is 6.07 Å². The van der Waals surface area contributed by atoms with Crippen LogP contribution >= 0.6 is 0 Å². The molecule has 0 bridgehead atoms. The van der Waals surface area contributed by atoms with Gasteiger partial charge in [0.25, 0.3) is 0 Å². The number of piperazine rings is 1. The van der Waals surface area contributed by atoms with Crippen LogP contribution in [0.3, 0.4) is 0 Å². The van der Waals surface area contributed by atoms with E-state index in [2.05, 4.69) is 27.1 Å². The van der Waals surface area contributed by atoms with Crippen LogP contribution in [-0.2, 0) is 6.54 Å². The molecule has 2 aromatic rings. The molecule has 0 unspecified atom stereocenters. The normalized spacial score (nSPS) is 15.0. The number of nitriles is 1. The Balaban J connectivity index is 1.64. The van der Waals surface area contributed by atoms with Crippen molar-refractivity contribution in [3.05, 3.63) is 53.2 Å². The zero-order valence-electron chi connectivity index (χ0n) is 14.0. The molecule has 0 atom stereocenters. The lowest BCUT2D eigenvalue weighted by Gasteiger charge is -2.33. The topological polar surface area (TPSA) is 55.2 Å². The number of benzene rings is 1. The van der Waals surface area contributed by atoms with Gasteiger partial charge in [-0.05, 0) is 30.8 Å². The van der Waals surface area contributed by atoms with Crippen molar-refractivity contribution in [1.29, 1.82) is 5.26 Å². The molecule has 1 aromatic heterocycles. The molecule has 1 aliphatic rings. The minimum absolute atomic E-state index is 0.0428. The zero-order valence-corrected chi connectivity index (χ0v) is 14.0. The van der Waals surface area contributed by atoms with Crippen molar-refractivity contribution in [2.75, 3.05) is 43.4 Å². The number of nitrogens with zero attached hydrogens (tertiary/aromatic N) is 4. The standard InChI is InChI=1S/C18H19F2N5/c1-24-4-6-25(7-5-24)17-3-2-13(11-22-17)12-23-18-15(19)8-14(10-21)9-16(18)20/h2-3,8-9,11,23H,4-7,12H2,1H3. The van der Waals surface area contributed by atoms with Crippen LogP contribution in [0.25, 0.3) is 0 Å². The molecule has 1 saturated heterocycles. The lowest BCUT2D eigenvalue weighted by atomic mass is 10.2. The second-order valence-corrected chi connectivity index (χ2v) is 6.10. The first-order chi connectivity index (χ1) is 12.1. The molecule has 0 spiro atoms. The number of hydrogen-bond acceptors (Lipinski definition) is 5. The van der Waals surface area contributed by atoms with Crippen LogP contribution in [0.1, 0.15) is 11.1 Å². The van der Waals surface area contributed by atoms with Crippen molar-refractivity contribution in [2.24, 2.45) is 0 Å². The molecule has 7 heteroatoms. The van der Waals surface area contributed by atoms with E-state index in [0.29, 0.717) is 0 Å². The van der Waals surface area contributed by atoms with E-state index in [1.54, 1.807) is 12.3 Å². The van der Waals surface area contributed by atoms with Crippen LogP contribution in [-0.4, -0.2) is 43.1 Å². The van der Waals surface area contributed by atoms with Gasteiger partial charge in [0.2, 0.25) is 0 Å². The fourth-order valence-electron chi connectivity index (χ4n) is 2.74. The second-order valence-electron chi connectivity index (χ2n) is 6.10. The molecule has 25 heavy (non-hydrogen) atoms. The molecule has 5 nitrogen and oxygen atoms in total. The summed E-state index contributed by atoms with van der Waals surface area (Å²) in [7, 11) is 2.10. The molecule has 1 aliphatic heterocycles. The van der Waals surface area contributed by atoms with Gasteiger partial charge in [-0.15, -0.1) is 0 Å². The van der Waals surface area contributed by atoms with E-state index in [4.69, 9.17) is 5.26 Å². The quantitative estimate of drug-likeness (QED) is 0.925. The van der Waals surface area contributed by atoms with Crippen molar-refractivity contribution in [2.45, 2.75) is 6.54 Å². The monoisotopic (exact) mass is 343 g/mol. The molecule has 2 heterocycles. The predicted octanol–water partition coefficient (Wildman–Crippen LogP) is 2.60. The van der Waals surface area contributed by atoms with Gasteiger partial charge in [-0.2, -0.15) is 5.26 Å². The van der Waals surface area contributed by atoms with E-state index >= 15 is 0 Å². The summed E-state index contributed by atoms with van der Waals surface area (Å²) < 4.78 is 27.7. The first kappa shape index (κ1) is 17.1. The van der Waals surface area contributed by atoms with E-state index in [-0.39, 0.29) is 17.8 Å². The van der Waals surface area contributed by atoms with Gasteiger partial charge in [-0.3, -0.25) is 0 Å². The number of anilines is 2. The fourth-order valence-corrected chi connectivity index (χ4v) is 2.74. The van der Waals surface area contributed by atoms with E-state index in [1.165, 1.54) is 0 Å². The van der Waals surface area contributed by atoms with Gasteiger partial charge in [0.15, 0.2) is 11.6 Å². The first-order valence-corrected chi connectivity index (χ1v) is 8.08. The molecule has 130 valence electrons. The Morgan fingerprint density at radius 1 is 1.16 bits per heavy atom. The third-order valence-corrected chi connectivity index (χ3v) is 4.28. The lowest BCUT2D eigenvalue weighted by Crippen LogP contribution is -2.44. The molecule has 1 fully saturated rings. The van der Waals surface area contributed by atoms with Crippen molar-refractivity contribution >= 4 is 11.5 Å². The average Bonchev–Trinajstić information content (AvgIpc) is 2.62. The molecule has 1 aromatic carbocycles. The molecule has 0 radical (unpaired) electrons. The van der Waals surface area contributed by atoms with Crippen LogP contribution in [0.2, 0.25) is 0 Å². The molecule has 0 aliphatic carbocycles. The minimum atomic E-state index is -0.779. The highest BCUT2D eigenvalue weighted by atomic mass is 19.1.